The SMILES string of the molecule is O=C(COc1cc(Cl)ccc1Cl)NCc1cnc[nH]1. The van der Waals surface area contributed by atoms with Crippen molar-refractivity contribution in [1.82, 2.24) is 15.3 Å². The highest BCUT2D eigenvalue weighted by atomic mass is 35.5. The molecule has 0 saturated carbocycles. The Morgan fingerprint density at radius 2 is 2.26 bits per heavy atom. The molecule has 1 aromatic carbocycles. The van der Waals surface area contributed by atoms with Crippen LogP contribution >= 0.6 is 23.2 Å². The number of H-pyrrole nitrogens is 1. The van der Waals surface area contributed by atoms with Crippen molar-refractivity contribution in [3.8, 4) is 5.75 Å². The summed E-state index contributed by atoms with van der Waals surface area (Å²) in [5.41, 5.74) is 0.814. The molecule has 1 heterocycles. The number of hydrogen-bond donors (Lipinski definition) is 2. The molecule has 0 atom stereocenters. The van der Waals surface area contributed by atoms with E-state index in [1.54, 1.807) is 30.7 Å². The Morgan fingerprint density at radius 1 is 1.42 bits per heavy atom. The maximum Gasteiger partial charge on any atom is 0.258 e. The van der Waals surface area contributed by atoms with Crippen molar-refractivity contribution in [2.24, 2.45) is 0 Å². The standard InChI is InChI=1S/C12H11Cl2N3O2/c13-8-1-2-10(14)11(3-8)19-6-12(18)16-5-9-4-15-7-17-9/h1-4,7H,5-6H2,(H,15,17)(H,16,18). The minimum atomic E-state index is -0.259. The molecule has 0 saturated heterocycles. The summed E-state index contributed by atoms with van der Waals surface area (Å²) in [6, 6.07) is 4.82. The zero-order valence-corrected chi connectivity index (χ0v) is 11.3. The van der Waals surface area contributed by atoms with Crippen LogP contribution in [0.2, 0.25) is 10.0 Å². The highest BCUT2D eigenvalue weighted by Crippen LogP contribution is 2.27. The molecule has 0 unspecified atom stereocenters. The van der Waals surface area contributed by atoms with Crippen LogP contribution in [0.15, 0.2) is 30.7 Å². The molecule has 1 amide bonds. The van der Waals surface area contributed by atoms with E-state index in [0.717, 1.165) is 5.69 Å². The summed E-state index contributed by atoms with van der Waals surface area (Å²) < 4.78 is 5.30. The number of ether oxygens (including phenoxy) is 1. The summed E-state index contributed by atoms with van der Waals surface area (Å²) in [4.78, 5) is 18.3. The number of aromatic nitrogens is 2. The molecule has 2 aromatic rings. The average Bonchev–Trinajstić information content (AvgIpc) is 2.90. The van der Waals surface area contributed by atoms with Gasteiger partial charge in [-0.15, -0.1) is 0 Å². The van der Waals surface area contributed by atoms with E-state index in [9.17, 15) is 4.79 Å². The number of hydrogen-bond acceptors (Lipinski definition) is 3. The van der Waals surface area contributed by atoms with Crippen LogP contribution in [0.5, 0.6) is 5.75 Å². The third-order valence-electron chi connectivity index (χ3n) is 2.28. The Bertz CT molecular complexity index is 558. The van der Waals surface area contributed by atoms with Crippen LogP contribution in [0.1, 0.15) is 5.69 Å². The Kier molecular flexibility index (Phi) is 4.65. The smallest absolute Gasteiger partial charge is 0.258 e. The fourth-order valence-corrected chi connectivity index (χ4v) is 1.69. The lowest BCUT2D eigenvalue weighted by Gasteiger charge is -2.08. The van der Waals surface area contributed by atoms with Gasteiger partial charge in [0.2, 0.25) is 0 Å². The van der Waals surface area contributed by atoms with Gasteiger partial charge in [-0.2, -0.15) is 0 Å². The topological polar surface area (TPSA) is 67.0 Å². The predicted molar refractivity (Wildman–Crippen MR) is 72.4 cm³/mol. The van der Waals surface area contributed by atoms with E-state index in [4.69, 9.17) is 27.9 Å². The lowest BCUT2D eigenvalue weighted by atomic mass is 10.3. The zero-order valence-electron chi connectivity index (χ0n) is 9.82. The quantitative estimate of drug-likeness (QED) is 0.891. The fraction of sp³-hybridized carbons (Fsp3) is 0.167. The summed E-state index contributed by atoms with van der Waals surface area (Å²) in [5, 5.41) is 3.58. The Morgan fingerprint density at radius 3 is 3.00 bits per heavy atom. The van der Waals surface area contributed by atoms with Gasteiger partial charge < -0.3 is 15.0 Å². The molecular formula is C12H11Cl2N3O2. The van der Waals surface area contributed by atoms with Crippen molar-refractivity contribution in [2.75, 3.05) is 6.61 Å². The summed E-state index contributed by atoms with van der Waals surface area (Å²) >= 11 is 11.7. The summed E-state index contributed by atoms with van der Waals surface area (Å²) in [6.45, 7) is 0.236. The van der Waals surface area contributed by atoms with Crippen molar-refractivity contribution in [3.63, 3.8) is 0 Å². The highest BCUT2D eigenvalue weighted by Gasteiger charge is 2.06. The third kappa shape index (κ3) is 4.15. The number of nitrogens with one attached hydrogen (secondary N) is 2. The molecule has 0 aliphatic rings. The van der Waals surface area contributed by atoms with Crippen molar-refractivity contribution in [1.29, 1.82) is 0 Å². The van der Waals surface area contributed by atoms with Crippen LogP contribution in [0.3, 0.4) is 0 Å². The number of imidazole rings is 1. The summed E-state index contributed by atoms with van der Waals surface area (Å²) in [6.07, 6.45) is 3.18. The van der Waals surface area contributed by atoms with E-state index in [1.807, 2.05) is 0 Å². The van der Waals surface area contributed by atoms with E-state index >= 15 is 0 Å². The second-order valence-corrected chi connectivity index (χ2v) is 4.56. The molecule has 2 N–H and O–H groups in total. The number of carbonyl (C=O) groups excluding carboxylic acids is 1. The maximum atomic E-state index is 11.6. The second-order valence-electron chi connectivity index (χ2n) is 3.72. The minimum absolute atomic E-state index is 0.131. The van der Waals surface area contributed by atoms with E-state index in [-0.39, 0.29) is 12.5 Å². The van der Waals surface area contributed by atoms with Crippen molar-refractivity contribution in [2.45, 2.75) is 6.54 Å². The monoisotopic (exact) mass is 299 g/mol. The number of aromatic amines is 1. The molecule has 7 heteroatoms. The van der Waals surface area contributed by atoms with Crippen LogP contribution in [0, 0.1) is 0 Å². The van der Waals surface area contributed by atoms with Gasteiger partial charge in [-0.1, -0.05) is 23.2 Å². The molecule has 0 bridgehead atoms. The Labute approximate surface area is 119 Å². The van der Waals surface area contributed by atoms with E-state index in [0.29, 0.717) is 22.3 Å². The molecule has 100 valence electrons. The van der Waals surface area contributed by atoms with E-state index < -0.39 is 0 Å². The molecule has 5 nitrogen and oxygen atoms in total. The van der Waals surface area contributed by atoms with Gasteiger partial charge in [0.05, 0.1) is 23.6 Å². The van der Waals surface area contributed by atoms with Gasteiger partial charge >= 0.3 is 0 Å². The van der Waals surface area contributed by atoms with Gasteiger partial charge in [-0.05, 0) is 12.1 Å². The summed E-state index contributed by atoms with van der Waals surface area (Å²) in [5.74, 6) is 0.122. The Hall–Kier alpha value is -1.72. The van der Waals surface area contributed by atoms with Crippen LogP contribution in [-0.2, 0) is 11.3 Å². The number of carbonyl (C=O) groups is 1. The second kappa shape index (κ2) is 6.45. The van der Waals surface area contributed by atoms with Crippen molar-refractivity contribution >= 4 is 29.1 Å². The first kappa shape index (κ1) is 13.7. The maximum absolute atomic E-state index is 11.6. The molecule has 19 heavy (non-hydrogen) atoms. The predicted octanol–water partition coefficient (Wildman–Crippen LogP) is 2.41. The number of benzene rings is 1. The molecule has 0 spiro atoms. The fourth-order valence-electron chi connectivity index (χ4n) is 1.36. The molecule has 1 aromatic heterocycles. The van der Waals surface area contributed by atoms with Gasteiger partial charge in [-0.25, -0.2) is 4.98 Å². The highest BCUT2D eigenvalue weighted by molar-refractivity contribution is 6.34. The van der Waals surface area contributed by atoms with Gasteiger partial charge in [0.25, 0.3) is 5.91 Å². The first-order valence-electron chi connectivity index (χ1n) is 5.47. The molecule has 2 rings (SSSR count). The average molecular weight is 300 g/mol. The number of amides is 1. The number of halogens is 2. The first-order chi connectivity index (χ1) is 9.15. The van der Waals surface area contributed by atoms with Gasteiger partial charge in [0.15, 0.2) is 6.61 Å². The number of nitrogens with zero attached hydrogens (tertiary/aromatic N) is 1. The normalized spacial score (nSPS) is 10.2. The van der Waals surface area contributed by atoms with Gasteiger partial charge in [-0.3, -0.25) is 4.79 Å². The van der Waals surface area contributed by atoms with Crippen LogP contribution in [0.25, 0.3) is 0 Å². The van der Waals surface area contributed by atoms with E-state index in [2.05, 4.69) is 15.3 Å². The largest absolute Gasteiger partial charge is 0.482 e. The lowest BCUT2D eigenvalue weighted by Crippen LogP contribution is -2.28. The number of rotatable bonds is 5. The van der Waals surface area contributed by atoms with Crippen LogP contribution in [0.4, 0.5) is 0 Å². The zero-order chi connectivity index (χ0) is 13.7. The third-order valence-corrected chi connectivity index (χ3v) is 2.83. The molecule has 0 aliphatic heterocycles. The molecule has 0 radical (unpaired) electrons. The molecular weight excluding hydrogens is 289 g/mol. The molecule has 0 fully saturated rings. The van der Waals surface area contributed by atoms with Gasteiger partial charge in [0.1, 0.15) is 5.75 Å². The van der Waals surface area contributed by atoms with Crippen molar-refractivity contribution in [3.05, 3.63) is 46.5 Å². The van der Waals surface area contributed by atoms with E-state index in [1.165, 1.54) is 0 Å². The van der Waals surface area contributed by atoms with Crippen molar-refractivity contribution < 1.29 is 9.53 Å². The first-order valence-corrected chi connectivity index (χ1v) is 6.22. The van der Waals surface area contributed by atoms with Crippen LogP contribution in [-0.4, -0.2) is 22.5 Å². The summed E-state index contributed by atoms with van der Waals surface area (Å²) in [7, 11) is 0. The minimum Gasteiger partial charge on any atom is -0.482 e. The lowest BCUT2D eigenvalue weighted by molar-refractivity contribution is -0.123. The molecule has 0 aliphatic carbocycles. The van der Waals surface area contributed by atoms with Gasteiger partial charge in [0, 0.05) is 17.3 Å². The van der Waals surface area contributed by atoms with Crippen LogP contribution < -0.4 is 10.1 Å². The Balaban J connectivity index is 1.81.